The van der Waals surface area contributed by atoms with Crippen molar-refractivity contribution in [1.29, 1.82) is 0 Å². The quantitative estimate of drug-likeness (QED) is 0.706. The van der Waals surface area contributed by atoms with Crippen LogP contribution in [0.15, 0.2) is 47.2 Å². The van der Waals surface area contributed by atoms with E-state index in [2.05, 4.69) is 25.4 Å². The third-order valence-corrected chi connectivity index (χ3v) is 4.47. The van der Waals surface area contributed by atoms with Crippen LogP contribution in [-0.4, -0.2) is 63.0 Å². The average Bonchev–Trinajstić information content (AvgIpc) is 3.18. The van der Waals surface area contributed by atoms with Gasteiger partial charge < -0.3 is 19.6 Å². The zero-order valence-corrected chi connectivity index (χ0v) is 15.8. The molecule has 148 valence electrons. The predicted octanol–water partition coefficient (Wildman–Crippen LogP) is 1.38. The van der Waals surface area contributed by atoms with E-state index in [1.54, 1.807) is 54.5 Å². The molecular weight excluding hydrogens is 374 g/mol. The number of amides is 2. The Morgan fingerprint density at radius 1 is 1.03 bits per heavy atom. The van der Waals surface area contributed by atoms with Crippen molar-refractivity contribution in [2.24, 2.45) is 0 Å². The van der Waals surface area contributed by atoms with Gasteiger partial charge in [0.2, 0.25) is 5.95 Å². The molecule has 2 amide bonds. The molecule has 4 heterocycles. The van der Waals surface area contributed by atoms with E-state index in [4.69, 9.17) is 4.52 Å². The van der Waals surface area contributed by atoms with Crippen LogP contribution in [0.4, 0.5) is 11.8 Å². The summed E-state index contributed by atoms with van der Waals surface area (Å²) < 4.78 is 4.92. The van der Waals surface area contributed by atoms with Crippen LogP contribution in [0.1, 0.15) is 26.7 Å². The lowest BCUT2D eigenvalue weighted by atomic mass is 10.2. The predicted molar refractivity (Wildman–Crippen MR) is 104 cm³/mol. The monoisotopic (exact) mass is 393 g/mol. The molecule has 3 aromatic rings. The molecule has 29 heavy (non-hydrogen) atoms. The summed E-state index contributed by atoms with van der Waals surface area (Å²) >= 11 is 0. The van der Waals surface area contributed by atoms with Crippen LogP contribution in [-0.2, 0) is 0 Å². The van der Waals surface area contributed by atoms with E-state index >= 15 is 0 Å². The SMILES string of the molecule is Cc1cc(NC(=O)c2cccc(C(=O)N3CCN(c4ncccn4)CC3)n2)no1. The lowest BCUT2D eigenvalue weighted by Gasteiger charge is -2.34. The third kappa shape index (κ3) is 4.21. The highest BCUT2D eigenvalue weighted by atomic mass is 16.5. The molecule has 10 nitrogen and oxygen atoms in total. The number of piperazine rings is 1. The first-order valence-electron chi connectivity index (χ1n) is 9.13. The number of carbonyl (C=O) groups is 2. The van der Waals surface area contributed by atoms with Gasteiger partial charge in [-0.25, -0.2) is 15.0 Å². The summed E-state index contributed by atoms with van der Waals surface area (Å²) in [7, 11) is 0. The summed E-state index contributed by atoms with van der Waals surface area (Å²) in [5, 5.41) is 6.32. The summed E-state index contributed by atoms with van der Waals surface area (Å²) in [6, 6.07) is 8.15. The average molecular weight is 393 g/mol. The molecule has 1 N–H and O–H groups in total. The second kappa shape index (κ2) is 8.05. The molecule has 10 heteroatoms. The molecule has 0 bridgehead atoms. The van der Waals surface area contributed by atoms with Gasteiger partial charge in [0.05, 0.1) is 0 Å². The smallest absolute Gasteiger partial charge is 0.275 e. The minimum absolute atomic E-state index is 0.132. The number of anilines is 2. The molecule has 1 saturated heterocycles. The van der Waals surface area contributed by atoms with Crippen LogP contribution >= 0.6 is 0 Å². The molecule has 0 radical (unpaired) electrons. The number of hydrogen-bond donors (Lipinski definition) is 1. The summed E-state index contributed by atoms with van der Waals surface area (Å²) in [5.41, 5.74) is 0.353. The van der Waals surface area contributed by atoms with E-state index in [9.17, 15) is 9.59 Å². The number of nitrogens with zero attached hydrogens (tertiary/aromatic N) is 6. The second-order valence-corrected chi connectivity index (χ2v) is 6.51. The molecule has 1 aliphatic rings. The third-order valence-electron chi connectivity index (χ3n) is 4.47. The molecule has 0 aromatic carbocycles. The van der Waals surface area contributed by atoms with Crippen LogP contribution in [0.3, 0.4) is 0 Å². The lowest BCUT2D eigenvalue weighted by molar-refractivity contribution is 0.0740. The van der Waals surface area contributed by atoms with Gasteiger partial charge in [-0.15, -0.1) is 0 Å². The van der Waals surface area contributed by atoms with Gasteiger partial charge >= 0.3 is 0 Å². The molecule has 0 aliphatic carbocycles. The highest BCUT2D eigenvalue weighted by Crippen LogP contribution is 2.13. The van der Waals surface area contributed by atoms with E-state index in [0.717, 1.165) is 0 Å². The van der Waals surface area contributed by atoms with Crippen LogP contribution in [0.2, 0.25) is 0 Å². The van der Waals surface area contributed by atoms with E-state index in [1.807, 2.05) is 4.90 Å². The molecule has 1 aliphatic heterocycles. The largest absolute Gasteiger partial charge is 0.360 e. The number of nitrogens with one attached hydrogen (secondary N) is 1. The highest BCUT2D eigenvalue weighted by molar-refractivity contribution is 6.03. The molecular formula is C19H19N7O3. The Morgan fingerprint density at radius 3 is 2.45 bits per heavy atom. The normalized spacial score (nSPS) is 14.0. The van der Waals surface area contributed by atoms with Gasteiger partial charge in [0.25, 0.3) is 11.8 Å². The topological polar surface area (TPSA) is 117 Å². The Bertz CT molecular complexity index is 1010. The maximum atomic E-state index is 12.8. The zero-order chi connectivity index (χ0) is 20.2. The fraction of sp³-hybridized carbons (Fsp3) is 0.263. The number of hydrogen-bond acceptors (Lipinski definition) is 8. The van der Waals surface area contributed by atoms with Crippen molar-refractivity contribution < 1.29 is 14.1 Å². The number of pyridine rings is 1. The first-order valence-corrected chi connectivity index (χ1v) is 9.13. The summed E-state index contributed by atoms with van der Waals surface area (Å²) in [4.78, 5) is 41.7. The second-order valence-electron chi connectivity index (χ2n) is 6.51. The van der Waals surface area contributed by atoms with Crippen molar-refractivity contribution >= 4 is 23.6 Å². The van der Waals surface area contributed by atoms with Crippen LogP contribution in [0.5, 0.6) is 0 Å². The fourth-order valence-corrected chi connectivity index (χ4v) is 3.01. The van der Waals surface area contributed by atoms with Crippen LogP contribution < -0.4 is 10.2 Å². The maximum Gasteiger partial charge on any atom is 0.275 e. The minimum Gasteiger partial charge on any atom is -0.360 e. The summed E-state index contributed by atoms with van der Waals surface area (Å²) in [6.07, 6.45) is 3.39. The van der Waals surface area contributed by atoms with Crippen LogP contribution in [0, 0.1) is 6.92 Å². The summed E-state index contributed by atoms with van der Waals surface area (Å²) in [5.74, 6) is 0.853. The van der Waals surface area contributed by atoms with Gasteiger partial charge in [-0.05, 0) is 25.1 Å². The van der Waals surface area contributed by atoms with E-state index in [1.165, 1.54) is 0 Å². The first-order chi connectivity index (χ1) is 14.1. The van der Waals surface area contributed by atoms with Crippen molar-refractivity contribution in [3.8, 4) is 0 Å². The van der Waals surface area contributed by atoms with Gasteiger partial charge in [0, 0.05) is 44.6 Å². The standard InChI is InChI=1S/C19H19N7O3/c1-13-12-16(24-29-13)23-17(27)14-4-2-5-15(22-14)18(28)25-8-10-26(11-9-25)19-20-6-3-7-21-19/h2-7,12H,8-11H2,1H3,(H,23,24,27). The van der Waals surface area contributed by atoms with E-state index < -0.39 is 5.91 Å². The molecule has 4 rings (SSSR count). The maximum absolute atomic E-state index is 12.8. The number of rotatable bonds is 4. The fourth-order valence-electron chi connectivity index (χ4n) is 3.01. The molecule has 1 fully saturated rings. The number of carbonyl (C=O) groups excluding carboxylic acids is 2. The zero-order valence-electron chi connectivity index (χ0n) is 15.8. The van der Waals surface area contributed by atoms with Crippen molar-refractivity contribution in [1.82, 2.24) is 25.0 Å². The Balaban J connectivity index is 1.40. The van der Waals surface area contributed by atoms with Gasteiger partial charge in [-0.2, -0.15) is 0 Å². The van der Waals surface area contributed by atoms with E-state index in [0.29, 0.717) is 43.7 Å². The van der Waals surface area contributed by atoms with Crippen molar-refractivity contribution in [3.63, 3.8) is 0 Å². The van der Waals surface area contributed by atoms with Gasteiger partial charge in [-0.1, -0.05) is 11.2 Å². The lowest BCUT2D eigenvalue weighted by Crippen LogP contribution is -2.49. The van der Waals surface area contributed by atoms with Crippen LogP contribution in [0.25, 0.3) is 0 Å². The summed E-state index contributed by atoms with van der Waals surface area (Å²) in [6.45, 7) is 4.02. The Kier molecular flexibility index (Phi) is 5.14. The van der Waals surface area contributed by atoms with Gasteiger partial charge in [0.1, 0.15) is 17.1 Å². The van der Waals surface area contributed by atoms with Crippen molar-refractivity contribution in [3.05, 3.63) is 59.9 Å². The Morgan fingerprint density at radius 2 is 1.76 bits per heavy atom. The molecule has 0 atom stereocenters. The molecule has 0 unspecified atom stereocenters. The highest BCUT2D eigenvalue weighted by Gasteiger charge is 2.24. The molecule has 3 aromatic heterocycles. The molecule has 0 saturated carbocycles. The van der Waals surface area contributed by atoms with Crippen molar-refractivity contribution in [2.75, 3.05) is 36.4 Å². The first kappa shape index (κ1) is 18.5. The van der Waals surface area contributed by atoms with E-state index in [-0.39, 0.29) is 17.3 Å². The van der Waals surface area contributed by atoms with Crippen molar-refractivity contribution in [2.45, 2.75) is 6.92 Å². The number of aryl methyl sites for hydroxylation is 1. The van der Waals surface area contributed by atoms with Gasteiger partial charge in [-0.3, -0.25) is 9.59 Å². The number of aromatic nitrogens is 4. The Hall–Kier alpha value is -3.82. The Labute approximate surface area is 166 Å². The molecule has 0 spiro atoms. The minimum atomic E-state index is -0.459. The van der Waals surface area contributed by atoms with Gasteiger partial charge in [0.15, 0.2) is 5.82 Å².